The molecule has 0 saturated heterocycles. The molecule has 146 valence electrons. The number of allylic oxidation sites excluding steroid dienone is 1. The van der Waals surface area contributed by atoms with Crippen molar-refractivity contribution in [2.24, 2.45) is 23.7 Å². The maximum atomic E-state index is 4.17. The highest BCUT2D eigenvalue weighted by atomic mass is 14.3. The van der Waals surface area contributed by atoms with E-state index in [1.54, 1.807) is 12.8 Å². The van der Waals surface area contributed by atoms with Crippen LogP contribution >= 0.6 is 0 Å². The molecule has 0 spiro atoms. The molecular formula is C25H46. The second kappa shape index (κ2) is 12.2. The van der Waals surface area contributed by atoms with Crippen molar-refractivity contribution >= 4 is 0 Å². The van der Waals surface area contributed by atoms with Crippen molar-refractivity contribution in [1.29, 1.82) is 0 Å². The molecule has 0 heteroatoms. The van der Waals surface area contributed by atoms with Crippen LogP contribution in [0, 0.1) is 23.7 Å². The van der Waals surface area contributed by atoms with Gasteiger partial charge in [0.05, 0.1) is 0 Å². The minimum absolute atomic E-state index is 1.01. The lowest BCUT2D eigenvalue weighted by Crippen LogP contribution is -2.15. The Morgan fingerprint density at radius 2 is 1.04 bits per heavy atom. The molecule has 2 saturated carbocycles. The van der Waals surface area contributed by atoms with Gasteiger partial charge in [-0.05, 0) is 42.9 Å². The molecule has 2 aliphatic rings. The van der Waals surface area contributed by atoms with Gasteiger partial charge >= 0.3 is 0 Å². The average Bonchev–Trinajstić information content (AvgIpc) is 2.65. The molecule has 0 atom stereocenters. The zero-order chi connectivity index (χ0) is 17.9. The van der Waals surface area contributed by atoms with E-state index in [2.05, 4.69) is 20.4 Å². The Morgan fingerprint density at radius 3 is 1.44 bits per heavy atom. The Hall–Kier alpha value is -0.260. The van der Waals surface area contributed by atoms with Gasteiger partial charge in [0.25, 0.3) is 0 Å². The predicted molar refractivity (Wildman–Crippen MR) is 113 cm³/mol. The van der Waals surface area contributed by atoms with Crippen molar-refractivity contribution in [2.45, 2.75) is 123 Å². The van der Waals surface area contributed by atoms with E-state index in [-0.39, 0.29) is 0 Å². The van der Waals surface area contributed by atoms with Crippen molar-refractivity contribution in [3.8, 4) is 0 Å². The van der Waals surface area contributed by atoms with Crippen LogP contribution in [0.4, 0.5) is 0 Å². The quantitative estimate of drug-likeness (QED) is 0.259. The van der Waals surface area contributed by atoms with E-state index in [9.17, 15) is 0 Å². The van der Waals surface area contributed by atoms with E-state index in [0.717, 1.165) is 23.7 Å². The van der Waals surface area contributed by atoms with Crippen LogP contribution in [0.15, 0.2) is 12.2 Å². The summed E-state index contributed by atoms with van der Waals surface area (Å²) in [6, 6.07) is 0. The fourth-order valence-electron chi connectivity index (χ4n) is 5.48. The smallest absolute Gasteiger partial charge is 0.0320 e. The van der Waals surface area contributed by atoms with E-state index in [1.807, 2.05) is 0 Å². The van der Waals surface area contributed by atoms with Gasteiger partial charge in [-0.15, -0.1) is 0 Å². The number of rotatable bonds is 11. The maximum Gasteiger partial charge on any atom is -0.0320 e. The standard InChI is InChI=1S/C25H46/c1-4-8-22-13-15-23(16-14-22)9-6-7-10-24-17-19-25(20-18-24)12-11-21(3)5-2/h22-25H,3-20H2,1-2H3. The first kappa shape index (κ1) is 21.0. The van der Waals surface area contributed by atoms with E-state index in [1.165, 1.54) is 102 Å². The summed E-state index contributed by atoms with van der Waals surface area (Å²) in [5.41, 5.74) is 1.46. The lowest BCUT2D eigenvalue weighted by molar-refractivity contribution is 0.233. The zero-order valence-corrected chi connectivity index (χ0v) is 17.5. The summed E-state index contributed by atoms with van der Waals surface area (Å²) in [7, 11) is 0. The van der Waals surface area contributed by atoms with Crippen LogP contribution in [0.3, 0.4) is 0 Å². The molecule has 0 nitrogen and oxygen atoms in total. The normalized spacial score (nSPS) is 30.3. The third-order valence-corrected chi connectivity index (χ3v) is 7.51. The van der Waals surface area contributed by atoms with Crippen LogP contribution in [0.2, 0.25) is 0 Å². The third kappa shape index (κ3) is 8.31. The van der Waals surface area contributed by atoms with Gasteiger partial charge in [-0.3, -0.25) is 0 Å². The minimum Gasteiger partial charge on any atom is -0.0999 e. The van der Waals surface area contributed by atoms with Crippen molar-refractivity contribution < 1.29 is 0 Å². The van der Waals surface area contributed by atoms with Gasteiger partial charge in [-0.25, -0.2) is 0 Å². The molecule has 0 aromatic carbocycles. The van der Waals surface area contributed by atoms with E-state index in [4.69, 9.17) is 0 Å². The first-order valence-corrected chi connectivity index (χ1v) is 11.9. The number of unbranched alkanes of at least 4 members (excludes halogenated alkanes) is 1. The molecule has 0 bridgehead atoms. The SMILES string of the molecule is C=C(CC)CCC1CCC(CCCCC2CCC(CCC)CC2)CC1. The van der Waals surface area contributed by atoms with Gasteiger partial charge in [0.2, 0.25) is 0 Å². The summed E-state index contributed by atoms with van der Waals surface area (Å²) in [6.45, 7) is 8.77. The third-order valence-electron chi connectivity index (χ3n) is 7.51. The molecule has 25 heavy (non-hydrogen) atoms. The summed E-state index contributed by atoms with van der Waals surface area (Å²) in [5, 5.41) is 0. The summed E-state index contributed by atoms with van der Waals surface area (Å²) in [6.07, 6.45) is 25.0. The van der Waals surface area contributed by atoms with Gasteiger partial charge in [0, 0.05) is 0 Å². The first-order chi connectivity index (χ1) is 12.2. The highest BCUT2D eigenvalue weighted by molar-refractivity contribution is 4.93. The lowest BCUT2D eigenvalue weighted by Gasteiger charge is -2.30. The number of hydrogen-bond acceptors (Lipinski definition) is 0. The molecule has 2 aliphatic carbocycles. The van der Waals surface area contributed by atoms with Crippen LogP contribution in [-0.4, -0.2) is 0 Å². The zero-order valence-electron chi connectivity index (χ0n) is 17.5. The Balaban J connectivity index is 1.46. The van der Waals surface area contributed by atoms with Gasteiger partial charge < -0.3 is 0 Å². The first-order valence-electron chi connectivity index (χ1n) is 11.9. The largest absolute Gasteiger partial charge is 0.0999 e. The van der Waals surface area contributed by atoms with Crippen LogP contribution in [0.25, 0.3) is 0 Å². The van der Waals surface area contributed by atoms with E-state index >= 15 is 0 Å². The molecule has 2 fully saturated rings. The molecule has 0 unspecified atom stereocenters. The van der Waals surface area contributed by atoms with Gasteiger partial charge in [-0.1, -0.05) is 116 Å². The predicted octanol–water partition coefficient (Wildman–Crippen LogP) is 8.71. The molecule has 0 amide bonds. The molecule has 0 N–H and O–H groups in total. The second-order valence-corrected chi connectivity index (χ2v) is 9.49. The fourth-order valence-corrected chi connectivity index (χ4v) is 5.48. The molecule has 2 rings (SSSR count). The summed E-state index contributed by atoms with van der Waals surface area (Å²) in [4.78, 5) is 0. The van der Waals surface area contributed by atoms with Gasteiger partial charge in [0.15, 0.2) is 0 Å². The van der Waals surface area contributed by atoms with Crippen LogP contribution in [0.1, 0.15) is 123 Å². The monoisotopic (exact) mass is 346 g/mol. The lowest BCUT2D eigenvalue weighted by atomic mass is 9.76. The molecule has 0 radical (unpaired) electrons. The molecule has 0 heterocycles. The highest BCUT2D eigenvalue weighted by Crippen LogP contribution is 2.36. The fraction of sp³-hybridized carbons (Fsp3) is 0.920. The van der Waals surface area contributed by atoms with Crippen molar-refractivity contribution in [2.75, 3.05) is 0 Å². The molecule has 0 aromatic heterocycles. The summed E-state index contributed by atoms with van der Waals surface area (Å²) >= 11 is 0. The average molecular weight is 347 g/mol. The van der Waals surface area contributed by atoms with Crippen molar-refractivity contribution in [3.05, 3.63) is 12.2 Å². The summed E-state index contributed by atoms with van der Waals surface area (Å²) < 4.78 is 0. The minimum atomic E-state index is 1.01. The molecule has 0 aromatic rings. The number of hydrogen-bond donors (Lipinski definition) is 0. The summed E-state index contributed by atoms with van der Waals surface area (Å²) in [5.74, 6) is 4.23. The van der Waals surface area contributed by atoms with Crippen molar-refractivity contribution in [1.82, 2.24) is 0 Å². The molecule has 0 aliphatic heterocycles. The van der Waals surface area contributed by atoms with E-state index < -0.39 is 0 Å². The Morgan fingerprint density at radius 1 is 0.640 bits per heavy atom. The highest BCUT2D eigenvalue weighted by Gasteiger charge is 2.22. The van der Waals surface area contributed by atoms with Crippen LogP contribution in [0.5, 0.6) is 0 Å². The van der Waals surface area contributed by atoms with E-state index in [0.29, 0.717) is 0 Å². The van der Waals surface area contributed by atoms with Crippen LogP contribution in [-0.2, 0) is 0 Å². The van der Waals surface area contributed by atoms with Crippen LogP contribution < -0.4 is 0 Å². The van der Waals surface area contributed by atoms with Gasteiger partial charge in [-0.2, -0.15) is 0 Å². The second-order valence-electron chi connectivity index (χ2n) is 9.49. The Kier molecular flexibility index (Phi) is 10.3. The Bertz CT molecular complexity index is 339. The maximum absolute atomic E-state index is 4.17. The Labute approximate surface area is 159 Å². The van der Waals surface area contributed by atoms with Crippen molar-refractivity contribution in [3.63, 3.8) is 0 Å². The topological polar surface area (TPSA) is 0 Å². The van der Waals surface area contributed by atoms with Gasteiger partial charge in [0.1, 0.15) is 0 Å². The molecular weight excluding hydrogens is 300 g/mol.